The van der Waals surface area contributed by atoms with E-state index in [2.05, 4.69) is 59.7 Å². The SMILES string of the molecule is CC(C)(C)c1cc(CC[SiH](F)F)cc(C(C)(C)C)c1. The standard InChI is InChI=1S/C16H26F2Si/c1-15(2,3)13-9-12(7-8-19(17)18)10-14(11-13)16(4,5)6/h9-11,19H,7-8H2,1-6H3. The molecule has 0 aliphatic rings. The summed E-state index contributed by atoms with van der Waals surface area (Å²) in [6.45, 7) is 13.0. The first-order valence-corrected chi connectivity index (χ1v) is 8.62. The average molecular weight is 284 g/mol. The summed E-state index contributed by atoms with van der Waals surface area (Å²) in [5, 5.41) is 0. The van der Waals surface area contributed by atoms with Crippen molar-refractivity contribution in [3.05, 3.63) is 34.9 Å². The van der Waals surface area contributed by atoms with Crippen molar-refractivity contribution in [1.29, 1.82) is 0 Å². The normalized spacial score (nSPS) is 13.1. The zero-order chi connectivity index (χ0) is 14.8. The molecule has 0 aliphatic heterocycles. The van der Waals surface area contributed by atoms with E-state index in [1.54, 1.807) is 0 Å². The second kappa shape index (κ2) is 5.74. The van der Waals surface area contributed by atoms with Gasteiger partial charge in [-0.2, -0.15) is 0 Å². The molecule has 108 valence electrons. The lowest BCUT2D eigenvalue weighted by atomic mass is 9.79. The molecule has 3 heteroatoms. The molecule has 0 nitrogen and oxygen atoms in total. The van der Waals surface area contributed by atoms with Crippen LogP contribution in [0.1, 0.15) is 58.2 Å². The smallest absolute Gasteiger partial charge is 0.275 e. The summed E-state index contributed by atoms with van der Waals surface area (Å²) in [7, 11) is -3.46. The molecule has 0 bridgehead atoms. The molecule has 0 N–H and O–H groups in total. The van der Waals surface area contributed by atoms with E-state index in [0.717, 1.165) is 5.56 Å². The Balaban J connectivity index is 3.17. The largest absolute Gasteiger partial charge is 0.411 e. The van der Waals surface area contributed by atoms with Crippen LogP contribution >= 0.6 is 0 Å². The van der Waals surface area contributed by atoms with Crippen molar-refractivity contribution in [1.82, 2.24) is 0 Å². The van der Waals surface area contributed by atoms with Crippen LogP contribution in [0.3, 0.4) is 0 Å². The van der Waals surface area contributed by atoms with E-state index in [1.807, 2.05) is 0 Å². The van der Waals surface area contributed by atoms with Gasteiger partial charge in [0.1, 0.15) is 0 Å². The van der Waals surface area contributed by atoms with Crippen LogP contribution in [0.25, 0.3) is 0 Å². The highest BCUT2D eigenvalue weighted by Gasteiger charge is 2.20. The second-order valence-corrected chi connectivity index (χ2v) is 8.71. The first-order valence-electron chi connectivity index (χ1n) is 6.93. The molecule has 0 amide bonds. The van der Waals surface area contributed by atoms with E-state index in [4.69, 9.17) is 0 Å². The number of hydrogen-bond acceptors (Lipinski definition) is 0. The Kier molecular flexibility index (Phi) is 4.94. The van der Waals surface area contributed by atoms with Crippen molar-refractivity contribution in [2.75, 3.05) is 0 Å². The van der Waals surface area contributed by atoms with Crippen LogP contribution in [0.4, 0.5) is 8.22 Å². The molecule has 0 atom stereocenters. The number of benzene rings is 1. The van der Waals surface area contributed by atoms with Gasteiger partial charge < -0.3 is 0 Å². The van der Waals surface area contributed by atoms with Crippen molar-refractivity contribution in [2.24, 2.45) is 0 Å². The van der Waals surface area contributed by atoms with Crippen LogP contribution in [-0.2, 0) is 17.3 Å². The van der Waals surface area contributed by atoms with Gasteiger partial charge in [0.15, 0.2) is 0 Å². The fourth-order valence-electron chi connectivity index (χ4n) is 1.98. The molecule has 1 aromatic rings. The van der Waals surface area contributed by atoms with E-state index in [0.29, 0.717) is 6.42 Å². The summed E-state index contributed by atoms with van der Waals surface area (Å²) in [6, 6.07) is 6.51. The summed E-state index contributed by atoms with van der Waals surface area (Å²) in [4.78, 5) is 0. The lowest BCUT2D eigenvalue weighted by Gasteiger charge is -2.26. The van der Waals surface area contributed by atoms with E-state index in [1.165, 1.54) is 11.1 Å². The van der Waals surface area contributed by atoms with Crippen molar-refractivity contribution >= 4 is 9.46 Å². The lowest BCUT2D eigenvalue weighted by Crippen LogP contribution is -2.17. The quantitative estimate of drug-likeness (QED) is 0.542. The molecule has 1 aromatic carbocycles. The molecule has 0 spiro atoms. The highest BCUT2D eigenvalue weighted by atomic mass is 28.4. The summed E-state index contributed by atoms with van der Waals surface area (Å²) in [5.41, 5.74) is 3.65. The third kappa shape index (κ3) is 5.05. The van der Waals surface area contributed by atoms with Gasteiger partial charge in [-0.15, -0.1) is 0 Å². The zero-order valence-electron chi connectivity index (χ0n) is 13.0. The van der Waals surface area contributed by atoms with Gasteiger partial charge in [0.25, 0.3) is 0 Å². The third-order valence-electron chi connectivity index (χ3n) is 3.38. The molecule has 0 radical (unpaired) electrons. The fourth-order valence-corrected chi connectivity index (χ4v) is 2.53. The monoisotopic (exact) mass is 284 g/mol. The molecular weight excluding hydrogens is 258 g/mol. The minimum Gasteiger partial charge on any atom is -0.275 e. The molecule has 0 heterocycles. The first kappa shape index (κ1) is 16.4. The molecule has 19 heavy (non-hydrogen) atoms. The van der Waals surface area contributed by atoms with Crippen molar-refractivity contribution < 1.29 is 8.22 Å². The third-order valence-corrected chi connectivity index (χ3v) is 4.10. The van der Waals surface area contributed by atoms with Gasteiger partial charge in [-0.3, -0.25) is 8.22 Å². The Bertz CT molecular complexity index is 393. The summed E-state index contributed by atoms with van der Waals surface area (Å²) >= 11 is 0. The Hall–Kier alpha value is -0.703. The summed E-state index contributed by atoms with van der Waals surface area (Å²) < 4.78 is 25.1. The van der Waals surface area contributed by atoms with Crippen LogP contribution in [-0.4, -0.2) is 9.46 Å². The number of hydrogen-bond donors (Lipinski definition) is 0. The van der Waals surface area contributed by atoms with Gasteiger partial charge in [-0.1, -0.05) is 59.7 Å². The maximum Gasteiger partial charge on any atom is 0.411 e. The number of aryl methyl sites for hydroxylation is 1. The predicted octanol–water partition coefficient (Wildman–Crippen LogP) is 4.98. The maximum absolute atomic E-state index is 12.5. The molecule has 1 rings (SSSR count). The molecule has 0 aliphatic carbocycles. The summed E-state index contributed by atoms with van der Waals surface area (Å²) in [5.74, 6) is 0. The van der Waals surface area contributed by atoms with Crippen LogP contribution in [0.15, 0.2) is 18.2 Å². The van der Waals surface area contributed by atoms with Crippen LogP contribution in [0, 0.1) is 0 Å². The highest BCUT2D eigenvalue weighted by Crippen LogP contribution is 2.30. The zero-order valence-corrected chi connectivity index (χ0v) is 14.1. The lowest BCUT2D eigenvalue weighted by molar-refractivity contribution is 0.566. The number of rotatable bonds is 3. The molecule has 0 saturated heterocycles. The van der Waals surface area contributed by atoms with Crippen molar-refractivity contribution in [3.8, 4) is 0 Å². The van der Waals surface area contributed by atoms with Crippen molar-refractivity contribution in [2.45, 2.75) is 64.8 Å². The van der Waals surface area contributed by atoms with Gasteiger partial charge in [-0.25, -0.2) is 0 Å². The minimum atomic E-state index is -3.46. The Morgan fingerprint density at radius 2 is 1.26 bits per heavy atom. The van der Waals surface area contributed by atoms with Gasteiger partial charge in [0.2, 0.25) is 0 Å². The topological polar surface area (TPSA) is 0 Å². The van der Waals surface area contributed by atoms with Gasteiger partial charge in [-0.05, 0) is 40.0 Å². The van der Waals surface area contributed by atoms with Crippen LogP contribution in [0.5, 0.6) is 0 Å². The minimum absolute atomic E-state index is 0.0538. The van der Waals surface area contributed by atoms with Gasteiger partial charge in [0.05, 0.1) is 0 Å². The molecule has 0 aromatic heterocycles. The first-order chi connectivity index (χ1) is 8.50. The van der Waals surface area contributed by atoms with Crippen LogP contribution in [0.2, 0.25) is 6.04 Å². The molecule has 0 fully saturated rings. The maximum atomic E-state index is 12.5. The highest BCUT2D eigenvalue weighted by molar-refractivity contribution is 6.42. The van der Waals surface area contributed by atoms with Crippen molar-refractivity contribution in [3.63, 3.8) is 0 Å². The molecule has 0 saturated carbocycles. The van der Waals surface area contributed by atoms with Gasteiger partial charge in [0, 0.05) is 0 Å². The Morgan fingerprint density at radius 3 is 1.58 bits per heavy atom. The van der Waals surface area contributed by atoms with Crippen LogP contribution < -0.4 is 0 Å². The van der Waals surface area contributed by atoms with Gasteiger partial charge >= 0.3 is 9.46 Å². The summed E-state index contributed by atoms with van der Waals surface area (Å²) in [6.07, 6.45) is 0.511. The second-order valence-electron chi connectivity index (χ2n) is 7.35. The average Bonchev–Trinajstić information content (AvgIpc) is 2.23. The molecular formula is C16H26F2Si. The number of halogens is 2. The Morgan fingerprint density at radius 1 is 0.842 bits per heavy atom. The molecule has 0 unspecified atom stereocenters. The van der Waals surface area contributed by atoms with E-state index >= 15 is 0 Å². The van der Waals surface area contributed by atoms with E-state index in [-0.39, 0.29) is 16.9 Å². The Labute approximate surface area is 118 Å². The predicted molar refractivity (Wildman–Crippen MR) is 81.7 cm³/mol. The van der Waals surface area contributed by atoms with E-state index in [9.17, 15) is 8.22 Å². The van der Waals surface area contributed by atoms with E-state index < -0.39 is 9.46 Å². The fraction of sp³-hybridized carbons (Fsp3) is 0.625.